The number of thiazole rings is 1. The molecule has 0 bridgehead atoms. The summed E-state index contributed by atoms with van der Waals surface area (Å²) in [6.07, 6.45) is -3.84. The number of halogens is 3. The molecule has 6 heteroatoms. The van der Waals surface area contributed by atoms with Gasteiger partial charge >= 0.3 is 6.18 Å². The van der Waals surface area contributed by atoms with E-state index in [0.29, 0.717) is 6.42 Å². The molecule has 108 valence electrons. The maximum absolute atomic E-state index is 12.5. The van der Waals surface area contributed by atoms with Crippen LogP contribution in [0.5, 0.6) is 5.75 Å². The van der Waals surface area contributed by atoms with Crippen LogP contribution in [0, 0.1) is 0 Å². The van der Waals surface area contributed by atoms with Crippen molar-refractivity contribution in [3.8, 4) is 5.75 Å². The molecule has 1 aromatic heterocycles. The molecule has 0 aliphatic heterocycles. The van der Waals surface area contributed by atoms with Crippen LogP contribution in [-0.4, -0.2) is 10.1 Å². The third kappa shape index (κ3) is 3.00. The van der Waals surface area contributed by atoms with Crippen LogP contribution in [0.4, 0.5) is 13.2 Å². The Hall–Kier alpha value is -2.08. The van der Waals surface area contributed by atoms with E-state index in [2.05, 4.69) is 4.98 Å². The lowest BCUT2D eigenvalue weighted by atomic mass is 10.1. The van der Waals surface area contributed by atoms with Crippen LogP contribution in [0.2, 0.25) is 0 Å². The van der Waals surface area contributed by atoms with Gasteiger partial charge in [-0.2, -0.15) is 13.2 Å². The van der Waals surface area contributed by atoms with Gasteiger partial charge in [0, 0.05) is 6.42 Å². The molecular weight excluding hydrogens is 299 g/mol. The number of phenols is 1. The molecular formula is C15H10F3NOS. The zero-order chi connectivity index (χ0) is 15.0. The fraction of sp³-hybridized carbons (Fsp3) is 0.133. The molecule has 0 spiro atoms. The predicted octanol–water partition coefficient (Wildman–Crippen LogP) is 4.61. The molecule has 0 aliphatic carbocycles. The van der Waals surface area contributed by atoms with Crippen LogP contribution in [0.3, 0.4) is 0 Å². The first kappa shape index (κ1) is 13.9. The quantitative estimate of drug-likeness (QED) is 0.750. The molecule has 3 rings (SSSR count). The van der Waals surface area contributed by atoms with Crippen molar-refractivity contribution in [1.82, 2.24) is 4.98 Å². The van der Waals surface area contributed by atoms with E-state index in [1.54, 1.807) is 18.2 Å². The molecule has 0 radical (unpaired) electrons. The van der Waals surface area contributed by atoms with Crippen molar-refractivity contribution in [1.29, 1.82) is 0 Å². The van der Waals surface area contributed by atoms with Crippen LogP contribution in [0.1, 0.15) is 16.1 Å². The first-order valence-electron chi connectivity index (χ1n) is 6.16. The number of phenolic OH excluding ortho intramolecular Hbond substituents is 1. The van der Waals surface area contributed by atoms with Crippen LogP contribution in [0.15, 0.2) is 42.5 Å². The number of aromatic nitrogens is 1. The number of benzene rings is 2. The molecule has 1 N–H and O–H groups in total. The van der Waals surface area contributed by atoms with E-state index in [1.807, 2.05) is 0 Å². The zero-order valence-electron chi connectivity index (χ0n) is 10.7. The summed E-state index contributed by atoms with van der Waals surface area (Å²) in [6.45, 7) is 0. The number of hydrogen-bond donors (Lipinski definition) is 1. The van der Waals surface area contributed by atoms with Crippen molar-refractivity contribution in [3.63, 3.8) is 0 Å². The van der Waals surface area contributed by atoms with Crippen molar-refractivity contribution < 1.29 is 18.3 Å². The number of aromatic hydroxyl groups is 1. The Kier molecular flexibility index (Phi) is 3.33. The SMILES string of the molecule is Oc1ccc2nc(Cc3ccc(C(F)(F)F)cc3)sc2c1. The number of alkyl halides is 3. The summed E-state index contributed by atoms with van der Waals surface area (Å²) in [6, 6.07) is 9.99. The first-order chi connectivity index (χ1) is 9.91. The van der Waals surface area contributed by atoms with Crippen LogP contribution in [-0.2, 0) is 12.6 Å². The molecule has 0 saturated carbocycles. The average molecular weight is 309 g/mol. The van der Waals surface area contributed by atoms with Crippen molar-refractivity contribution in [2.75, 3.05) is 0 Å². The Balaban J connectivity index is 1.84. The summed E-state index contributed by atoms with van der Waals surface area (Å²) < 4.78 is 38.3. The Morgan fingerprint density at radius 3 is 2.43 bits per heavy atom. The van der Waals surface area contributed by atoms with Gasteiger partial charge in [-0.15, -0.1) is 11.3 Å². The molecule has 21 heavy (non-hydrogen) atoms. The highest BCUT2D eigenvalue weighted by atomic mass is 32.1. The summed E-state index contributed by atoms with van der Waals surface area (Å²) in [5, 5.41) is 10.2. The van der Waals surface area contributed by atoms with Gasteiger partial charge in [0.05, 0.1) is 20.8 Å². The maximum Gasteiger partial charge on any atom is 0.416 e. The Labute approximate surface area is 122 Å². The minimum Gasteiger partial charge on any atom is -0.508 e. The average Bonchev–Trinajstić information content (AvgIpc) is 2.79. The maximum atomic E-state index is 12.5. The highest BCUT2D eigenvalue weighted by molar-refractivity contribution is 7.18. The van der Waals surface area contributed by atoms with Crippen molar-refractivity contribution >= 4 is 21.6 Å². The van der Waals surface area contributed by atoms with Crippen molar-refractivity contribution in [2.24, 2.45) is 0 Å². The second-order valence-corrected chi connectivity index (χ2v) is 5.75. The van der Waals surface area contributed by atoms with Gasteiger partial charge in [-0.05, 0) is 35.9 Å². The first-order valence-corrected chi connectivity index (χ1v) is 6.98. The molecule has 0 atom stereocenters. The predicted molar refractivity (Wildman–Crippen MR) is 75.5 cm³/mol. The van der Waals surface area contributed by atoms with E-state index in [1.165, 1.54) is 23.5 Å². The standard InChI is InChI=1S/C15H10F3NOS/c16-15(17,18)10-3-1-9(2-4-10)7-14-19-12-6-5-11(20)8-13(12)21-14/h1-6,8,20H,7H2. The number of rotatable bonds is 2. The monoisotopic (exact) mass is 309 g/mol. The normalized spacial score (nSPS) is 12.0. The Morgan fingerprint density at radius 2 is 1.76 bits per heavy atom. The van der Waals surface area contributed by atoms with Crippen LogP contribution < -0.4 is 0 Å². The van der Waals surface area contributed by atoms with Gasteiger partial charge in [0.1, 0.15) is 5.75 Å². The molecule has 3 aromatic rings. The van der Waals surface area contributed by atoms with Gasteiger partial charge in [-0.25, -0.2) is 4.98 Å². The zero-order valence-corrected chi connectivity index (χ0v) is 11.5. The lowest BCUT2D eigenvalue weighted by Gasteiger charge is -2.06. The molecule has 0 amide bonds. The number of hydrogen-bond acceptors (Lipinski definition) is 3. The largest absolute Gasteiger partial charge is 0.508 e. The van der Waals surface area contributed by atoms with E-state index in [0.717, 1.165) is 32.9 Å². The topological polar surface area (TPSA) is 33.1 Å². The number of fused-ring (bicyclic) bond motifs is 1. The fourth-order valence-electron chi connectivity index (χ4n) is 2.02. The van der Waals surface area contributed by atoms with Gasteiger partial charge in [-0.1, -0.05) is 12.1 Å². The van der Waals surface area contributed by atoms with E-state index in [-0.39, 0.29) is 5.75 Å². The molecule has 0 fully saturated rings. The third-order valence-corrected chi connectivity index (χ3v) is 4.07. The molecule has 2 nitrogen and oxygen atoms in total. The molecule has 0 saturated heterocycles. The lowest BCUT2D eigenvalue weighted by Crippen LogP contribution is -2.04. The molecule has 0 unspecified atom stereocenters. The summed E-state index contributed by atoms with van der Waals surface area (Å²) in [4.78, 5) is 4.41. The van der Waals surface area contributed by atoms with Crippen molar-refractivity contribution in [2.45, 2.75) is 12.6 Å². The number of nitrogens with zero attached hydrogens (tertiary/aromatic N) is 1. The van der Waals surface area contributed by atoms with E-state index in [4.69, 9.17) is 0 Å². The summed E-state index contributed by atoms with van der Waals surface area (Å²) in [7, 11) is 0. The van der Waals surface area contributed by atoms with E-state index >= 15 is 0 Å². The van der Waals surface area contributed by atoms with Crippen molar-refractivity contribution in [3.05, 3.63) is 58.6 Å². The second-order valence-electron chi connectivity index (χ2n) is 4.63. The van der Waals surface area contributed by atoms with E-state index in [9.17, 15) is 18.3 Å². The van der Waals surface area contributed by atoms with Gasteiger partial charge in [0.15, 0.2) is 0 Å². The van der Waals surface area contributed by atoms with E-state index < -0.39 is 11.7 Å². The molecule has 0 aliphatic rings. The van der Waals surface area contributed by atoms with Crippen LogP contribution >= 0.6 is 11.3 Å². The molecule has 2 aromatic carbocycles. The Bertz CT molecular complexity index is 778. The van der Waals surface area contributed by atoms with Gasteiger partial charge in [0.2, 0.25) is 0 Å². The second kappa shape index (κ2) is 5.04. The lowest BCUT2D eigenvalue weighted by molar-refractivity contribution is -0.137. The third-order valence-electron chi connectivity index (χ3n) is 3.05. The summed E-state index contributed by atoms with van der Waals surface area (Å²) in [5.41, 5.74) is 0.895. The van der Waals surface area contributed by atoms with Gasteiger partial charge < -0.3 is 5.11 Å². The highest BCUT2D eigenvalue weighted by Gasteiger charge is 2.29. The van der Waals surface area contributed by atoms with Gasteiger partial charge in [-0.3, -0.25) is 0 Å². The van der Waals surface area contributed by atoms with Gasteiger partial charge in [0.25, 0.3) is 0 Å². The highest BCUT2D eigenvalue weighted by Crippen LogP contribution is 2.30. The summed E-state index contributed by atoms with van der Waals surface area (Å²) in [5.74, 6) is 0.173. The fourth-order valence-corrected chi connectivity index (χ4v) is 3.06. The minimum absolute atomic E-state index is 0.173. The smallest absolute Gasteiger partial charge is 0.416 e. The molecule has 1 heterocycles. The van der Waals surface area contributed by atoms with Crippen LogP contribution in [0.25, 0.3) is 10.2 Å². The minimum atomic E-state index is -4.31. The summed E-state index contributed by atoms with van der Waals surface area (Å²) >= 11 is 1.42. The Morgan fingerprint density at radius 1 is 1.05 bits per heavy atom.